The minimum Gasteiger partial charge on any atom is -0.495 e. The maximum Gasteiger partial charge on any atom is 0.142 e. The van der Waals surface area contributed by atoms with E-state index in [2.05, 4.69) is 23.3 Å². The SMILES string of the molecule is COc1ccccc1N(C)CCC(CO)NC1CC1. The van der Waals surface area contributed by atoms with E-state index in [9.17, 15) is 5.11 Å². The van der Waals surface area contributed by atoms with Gasteiger partial charge in [-0.25, -0.2) is 0 Å². The van der Waals surface area contributed by atoms with Crippen molar-refractivity contribution in [3.05, 3.63) is 24.3 Å². The fraction of sp³-hybridized carbons (Fsp3) is 0.600. The highest BCUT2D eigenvalue weighted by molar-refractivity contribution is 5.57. The molecule has 0 spiro atoms. The molecule has 0 radical (unpaired) electrons. The molecule has 0 bridgehead atoms. The van der Waals surface area contributed by atoms with Crippen LogP contribution in [-0.4, -0.2) is 44.5 Å². The number of benzene rings is 1. The largest absolute Gasteiger partial charge is 0.495 e. The number of hydrogen-bond donors (Lipinski definition) is 2. The number of nitrogens with one attached hydrogen (secondary N) is 1. The lowest BCUT2D eigenvalue weighted by molar-refractivity contribution is 0.235. The van der Waals surface area contributed by atoms with Crippen molar-refractivity contribution in [2.75, 3.05) is 32.2 Å². The third kappa shape index (κ3) is 4.11. The molecule has 0 aromatic heterocycles. The van der Waals surface area contributed by atoms with Crippen LogP contribution in [0.3, 0.4) is 0 Å². The molecule has 1 saturated carbocycles. The van der Waals surface area contributed by atoms with Gasteiger partial charge in [-0.1, -0.05) is 12.1 Å². The van der Waals surface area contributed by atoms with Gasteiger partial charge in [-0.3, -0.25) is 0 Å². The lowest BCUT2D eigenvalue weighted by Crippen LogP contribution is -2.37. The standard InChI is InChI=1S/C15H24N2O2/c1-17(14-5-3-4-6-15(14)19-2)10-9-13(11-18)16-12-7-8-12/h3-6,12-13,16,18H,7-11H2,1-2H3. The number of hydrogen-bond acceptors (Lipinski definition) is 4. The number of rotatable bonds is 8. The fourth-order valence-corrected chi connectivity index (χ4v) is 2.23. The number of para-hydroxylation sites is 2. The Hall–Kier alpha value is -1.26. The van der Waals surface area contributed by atoms with Gasteiger partial charge < -0.3 is 20.1 Å². The summed E-state index contributed by atoms with van der Waals surface area (Å²) in [5.41, 5.74) is 1.09. The first-order valence-corrected chi connectivity index (χ1v) is 6.95. The van der Waals surface area contributed by atoms with E-state index in [1.165, 1.54) is 12.8 Å². The molecule has 0 heterocycles. The van der Waals surface area contributed by atoms with Crippen LogP contribution in [0.1, 0.15) is 19.3 Å². The topological polar surface area (TPSA) is 44.7 Å². The number of aliphatic hydroxyl groups is 1. The van der Waals surface area contributed by atoms with E-state index in [4.69, 9.17) is 4.74 Å². The normalized spacial score (nSPS) is 16.2. The summed E-state index contributed by atoms with van der Waals surface area (Å²) in [6, 6.07) is 8.85. The molecule has 2 rings (SSSR count). The summed E-state index contributed by atoms with van der Waals surface area (Å²) in [7, 11) is 3.75. The summed E-state index contributed by atoms with van der Waals surface area (Å²) in [4.78, 5) is 2.18. The van der Waals surface area contributed by atoms with E-state index in [1.807, 2.05) is 18.2 Å². The van der Waals surface area contributed by atoms with Gasteiger partial charge in [0.05, 0.1) is 19.4 Å². The van der Waals surface area contributed by atoms with Crippen LogP contribution in [0.4, 0.5) is 5.69 Å². The van der Waals surface area contributed by atoms with Crippen molar-refractivity contribution >= 4 is 5.69 Å². The Morgan fingerprint density at radius 2 is 2.16 bits per heavy atom. The number of methoxy groups -OCH3 is 1. The Balaban J connectivity index is 1.86. The summed E-state index contributed by atoms with van der Waals surface area (Å²) < 4.78 is 5.37. The van der Waals surface area contributed by atoms with Crippen molar-refractivity contribution in [2.45, 2.75) is 31.3 Å². The molecule has 1 fully saturated rings. The maximum absolute atomic E-state index is 9.38. The Kier molecular flexibility index (Phi) is 5.05. The third-order valence-electron chi connectivity index (χ3n) is 3.58. The van der Waals surface area contributed by atoms with Gasteiger partial charge in [-0.15, -0.1) is 0 Å². The van der Waals surface area contributed by atoms with Gasteiger partial charge in [0.15, 0.2) is 0 Å². The van der Waals surface area contributed by atoms with Crippen molar-refractivity contribution in [3.8, 4) is 5.75 Å². The zero-order valence-electron chi connectivity index (χ0n) is 11.8. The van der Waals surface area contributed by atoms with Crippen LogP contribution in [0.15, 0.2) is 24.3 Å². The smallest absolute Gasteiger partial charge is 0.142 e. The first-order chi connectivity index (χ1) is 9.24. The van der Waals surface area contributed by atoms with Crippen LogP contribution in [0.2, 0.25) is 0 Å². The summed E-state index contributed by atoms with van der Waals surface area (Å²) in [5.74, 6) is 0.890. The van der Waals surface area contributed by atoms with Crippen LogP contribution in [0.25, 0.3) is 0 Å². The van der Waals surface area contributed by atoms with E-state index < -0.39 is 0 Å². The predicted molar refractivity (Wildman–Crippen MR) is 77.9 cm³/mol. The van der Waals surface area contributed by atoms with Gasteiger partial charge in [0.2, 0.25) is 0 Å². The Morgan fingerprint density at radius 3 is 2.79 bits per heavy atom. The van der Waals surface area contributed by atoms with Crippen molar-refractivity contribution < 1.29 is 9.84 Å². The number of ether oxygens (including phenoxy) is 1. The first kappa shape index (κ1) is 14.2. The average Bonchev–Trinajstić information content (AvgIpc) is 3.26. The minimum atomic E-state index is 0.199. The molecule has 1 unspecified atom stereocenters. The summed E-state index contributed by atoms with van der Waals surface area (Å²) in [6.07, 6.45) is 3.43. The average molecular weight is 264 g/mol. The summed E-state index contributed by atoms with van der Waals surface area (Å²) in [5, 5.41) is 12.8. The lowest BCUT2D eigenvalue weighted by Gasteiger charge is -2.24. The second-order valence-corrected chi connectivity index (χ2v) is 5.20. The van der Waals surface area contributed by atoms with Gasteiger partial charge >= 0.3 is 0 Å². The van der Waals surface area contributed by atoms with E-state index in [0.29, 0.717) is 6.04 Å². The zero-order chi connectivity index (χ0) is 13.7. The van der Waals surface area contributed by atoms with Gasteiger partial charge in [-0.2, -0.15) is 0 Å². The Morgan fingerprint density at radius 1 is 1.42 bits per heavy atom. The molecular formula is C15H24N2O2. The molecule has 4 heteroatoms. The quantitative estimate of drug-likeness (QED) is 0.749. The van der Waals surface area contributed by atoms with E-state index in [-0.39, 0.29) is 12.6 Å². The van der Waals surface area contributed by atoms with E-state index >= 15 is 0 Å². The molecule has 0 saturated heterocycles. The number of nitrogens with zero attached hydrogens (tertiary/aromatic N) is 1. The molecule has 19 heavy (non-hydrogen) atoms. The molecule has 1 atom stereocenters. The second kappa shape index (κ2) is 6.78. The maximum atomic E-state index is 9.38. The molecule has 0 amide bonds. The molecule has 1 aromatic rings. The van der Waals surface area contributed by atoms with Crippen LogP contribution in [0, 0.1) is 0 Å². The summed E-state index contributed by atoms with van der Waals surface area (Å²) >= 11 is 0. The van der Waals surface area contributed by atoms with Crippen molar-refractivity contribution in [3.63, 3.8) is 0 Å². The van der Waals surface area contributed by atoms with E-state index in [1.54, 1.807) is 7.11 Å². The van der Waals surface area contributed by atoms with Crippen molar-refractivity contribution in [1.29, 1.82) is 0 Å². The van der Waals surface area contributed by atoms with Gasteiger partial charge in [-0.05, 0) is 31.4 Å². The molecule has 1 aromatic carbocycles. The van der Waals surface area contributed by atoms with Crippen molar-refractivity contribution in [2.24, 2.45) is 0 Å². The third-order valence-corrected chi connectivity index (χ3v) is 3.58. The van der Waals surface area contributed by atoms with Gasteiger partial charge in [0.1, 0.15) is 5.75 Å². The first-order valence-electron chi connectivity index (χ1n) is 6.95. The molecular weight excluding hydrogens is 240 g/mol. The highest BCUT2D eigenvalue weighted by Gasteiger charge is 2.24. The predicted octanol–water partition coefficient (Wildman–Crippen LogP) is 1.63. The zero-order valence-corrected chi connectivity index (χ0v) is 11.8. The molecule has 106 valence electrons. The number of anilines is 1. The van der Waals surface area contributed by atoms with Crippen LogP contribution < -0.4 is 15.0 Å². The van der Waals surface area contributed by atoms with Crippen LogP contribution >= 0.6 is 0 Å². The molecule has 2 N–H and O–H groups in total. The van der Waals surface area contributed by atoms with E-state index in [0.717, 1.165) is 24.4 Å². The molecule has 1 aliphatic rings. The summed E-state index contributed by atoms with van der Waals surface area (Å²) in [6.45, 7) is 1.10. The minimum absolute atomic E-state index is 0.199. The molecule has 1 aliphatic carbocycles. The highest BCUT2D eigenvalue weighted by Crippen LogP contribution is 2.27. The van der Waals surface area contributed by atoms with Crippen molar-refractivity contribution in [1.82, 2.24) is 5.32 Å². The van der Waals surface area contributed by atoms with Gasteiger partial charge in [0, 0.05) is 25.7 Å². The van der Waals surface area contributed by atoms with Crippen LogP contribution in [-0.2, 0) is 0 Å². The number of aliphatic hydroxyl groups excluding tert-OH is 1. The fourth-order valence-electron chi connectivity index (χ4n) is 2.23. The second-order valence-electron chi connectivity index (χ2n) is 5.20. The molecule has 0 aliphatic heterocycles. The highest BCUT2D eigenvalue weighted by atomic mass is 16.5. The van der Waals surface area contributed by atoms with Crippen LogP contribution in [0.5, 0.6) is 5.75 Å². The Labute approximate surface area is 115 Å². The Bertz CT molecular complexity index is 393. The van der Waals surface area contributed by atoms with Gasteiger partial charge in [0.25, 0.3) is 0 Å². The molecule has 4 nitrogen and oxygen atoms in total. The monoisotopic (exact) mass is 264 g/mol. The lowest BCUT2D eigenvalue weighted by atomic mass is 10.2.